The van der Waals surface area contributed by atoms with Crippen LogP contribution in [0.4, 0.5) is 28.9 Å². The molecule has 0 saturated carbocycles. The molecular weight excluding hydrogens is 859 g/mol. The van der Waals surface area contributed by atoms with E-state index in [4.69, 9.17) is 13.9 Å². The molecule has 0 spiro atoms. The summed E-state index contributed by atoms with van der Waals surface area (Å²) in [7, 11) is -4.05. The highest BCUT2D eigenvalue weighted by molar-refractivity contribution is 7.90. The van der Waals surface area contributed by atoms with Gasteiger partial charge < -0.3 is 34.0 Å². The van der Waals surface area contributed by atoms with Gasteiger partial charge >= 0.3 is 25.1 Å². The number of rotatable bonds is 16. The fourth-order valence-corrected chi connectivity index (χ4v) is 7.51. The lowest BCUT2D eigenvalue weighted by molar-refractivity contribution is -0.0505. The predicted molar refractivity (Wildman–Crippen MR) is 231 cm³/mol. The van der Waals surface area contributed by atoms with Crippen molar-refractivity contribution in [1.82, 2.24) is 4.72 Å². The fraction of sp³-hybridized carbons (Fsp3) is 0.149. The lowest BCUT2D eigenvalue weighted by Gasteiger charge is -2.08. The molecule has 17 heteroatoms. The molecule has 12 nitrogen and oxygen atoms in total. The van der Waals surface area contributed by atoms with E-state index in [1.165, 1.54) is 42.5 Å². The highest BCUT2D eigenvalue weighted by Crippen LogP contribution is 2.27. The van der Waals surface area contributed by atoms with E-state index in [1.54, 1.807) is 63.2 Å². The van der Waals surface area contributed by atoms with Crippen LogP contribution in [0.15, 0.2) is 147 Å². The zero-order valence-electron chi connectivity index (χ0n) is 34.4. The molecule has 332 valence electrons. The number of nitrogens with one attached hydrogen (secondary N) is 3. The number of halogens is 4. The standard InChI is InChI=1S/C27H24F2N2O5S.C20H17F2NO4/c1-17-5-3-4-6-25(17)37(33,34)31-26(32)24-15-21(18(2)35-24)16-30-22-11-7-19(8-12-22)20-9-13-23(14-10-20)36-27(28)29;1-12-15(10-18(26-12)19(24)25)11-23-16-6-2-13(3-7-16)14-4-8-17(9-5-14)27-20(21)22/h3-15,27,30H,16H2,1-2H3,(H,31,32);2-10,20,23H,11H2,1H3,(H,24,25). The van der Waals surface area contributed by atoms with Crippen molar-refractivity contribution in [1.29, 1.82) is 0 Å². The number of carbonyl (C=O) groups excluding carboxylic acids is 1. The van der Waals surface area contributed by atoms with Crippen molar-refractivity contribution >= 4 is 33.3 Å². The van der Waals surface area contributed by atoms with E-state index in [9.17, 15) is 35.6 Å². The molecule has 0 atom stereocenters. The summed E-state index contributed by atoms with van der Waals surface area (Å²) < 4.78 is 95.7. The maximum absolute atomic E-state index is 12.6. The Labute approximate surface area is 365 Å². The number of carbonyl (C=O) groups is 2. The summed E-state index contributed by atoms with van der Waals surface area (Å²) in [6.45, 7) is 0.114. The van der Waals surface area contributed by atoms with Crippen molar-refractivity contribution in [3.8, 4) is 33.8 Å². The van der Waals surface area contributed by atoms with Crippen molar-refractivity contribution in [2.24, 2.45) is 0 Å². The van der Waals surface area contributed by atoms with Gasteiger partial charge in [0.25, 0.3) is 10.0 Å². The zero-order valence-corrected chi connectivity index (χ0v) is 35.2. The minimum atomic E-state index is -4.05. The van der Waals surface area contributed by atoms with Crippen molar-refractivity contribution in [2.45, 2.75) is 52.0 Å². The van der Waals surface area contributed by atoms with E-state index in [2.05, 4.69) is 24.8 Å². The molecular formula is C47H41F4N3O9S. The molecule has 0 aliphatic heterocycles. The number of amides is 1. The summed E-state index contributed by atoms with van der Waals surface area (Å²) >= 11 is 0. The molecule has 0 saturated heterocycles. The molecule has 0 bridgehead atoms. The molecule has 0 unspecified atom stereocenters. The van der Waals surface area contributed by atoms with E-state index in [1.807, 2.05) is 48.5 Å². The molecule has 0 aliphatic rings. The van der Waals surface area contributed by atoms with Crippen molar-refractivity contribution in [3.05, 3.63) is 173 Å². The van der Waals surface area contributed by atoms with Crippen LogP contribution in [0.5, 0.6) is 11.5 Å². The van der Waals surface area contributed by atoms with Gasteiger partial charge in [0, 0.05) is 35.6 Å². The summed E-state index contributed by atoms with van der Waals surface area (Å²) in [4.78, 5) is 23.5. The first-order valence-electron chi connectivity index (χ1n) is 19.4. The molecule has 7 rings (SSSR count). The van der Waals surface area contributed by atoms with E-state index in [-0.39, 0.29) is 27.9 Å². The minimum absolute atomic E-state index is 0.0226. The second-order valence-electron chi connectivity index (χ2n) is 14.1. The Morgan fingerprint density at radius 1 is 0.594 bits per heavy atom. The van der Waals surface area contributed by atoms with E-state index in [0.29, 0.717) is 35.7 Å². The number of anilines is 2. The van der Waals surface area contributed by atoms with Crippen LogP contribution in [0, 0.1) is 20.8 Å². The third-order valence-electron chi connectivity index (χ3n) is 9.65. The minimum Gasteiger partial charge on any atom is -0.475 e. The van der Waals surface area contributed by atoms with Gasteiger partial charge in [-0.25, -0.2) is 17.9 Å². The van der Waals surface area contributed by atoms with Crippen LogP contribution in [-0.2, 0) is 23.1 Å². The molecule has 1 amide bonds. The second kappa shape index (κ2) is 20.6. The van der Waals surface area contributed by atoms with Crippen LogP contribution < -0.4 is 24.8 Å². The topological polar surface area (TPSA) is 169 Å². The molecule has 2 aromatic heterocycles. The van der Waals surface area contributed by atoms with Gasteiger partial charge in [-0.15, -0.1) is 0 Å². The Morgan fingerprint density at radius 3 is 1.38 bits per heavy atom. The number of aryl methyl sites for hydroxylation is 3. The molecule has 0 fully saturated rings. The Bertz CT molecular complexity index is 2790. The summed E-state index contributed by atoms with van der Waals surface area (Å²) in [5.41, 5.74) is 7.17. The molecule has 7 aromatic rings. The smallest absolute Gasteiger partial charge is 0.387 e. The number of aromatic carboxylic acids is 1. The highest BCUT2D eigenvalue weighted by Gasteiger charge is 2.23. The maximum atomic E-state index is 12.6. The average Bonchev–Trinajstić information content (AvgIpc) is 3.84. The third kappa shape index (κ3) is 12.3. The summed E-state index contributed by atoms with van der Waals surface area (Å²) in [6, 6.07) is 37.2. The molecule has 4 N–H and O–H groups in total. The highest BCUT2D eigenvalue weighted by atomic mass is 32.2. The SMILES string of the molecule is Cc1ccccc1S(=O)(=O)NC(=O)c1cc(CNc2ccc(-c3ccc(OC(F)F)cc3)cc2)c(C)o1.Cc1oc(C(=O)O)cc1CNc1ccc(-c2ccc(OC(F)F)cc2)cc1. The number of sulfonamides is 1. The van der Waals surface area contributed by atoms with Crippen LogP contribution in [0.2, 0.25) is 0 Å². The van der Waals surface area contributed by atoms with Gasteiger partial charge in [0.15, 0.2) is 5.76 Å². The van der Waals surface area contributed by atoms with Gasteiger partial charge in [-0.1, -0.05) is 66.7 Å². The van der Waals surface area contributed by atoms with E-state index >= 15 is 0 Å². The Kier molecular flexibility index (Phi) is 14.8. The van der Waals surface area contributed by atoms with E-state index in [0.717, 1.165) is 39.2 Å². The number of ether oxygens (including phenoxy) is 2. The number of hydrogen-bond donors (Lipinski definition) is 4. The molecule has 64 heavy (non-hydrogen) atoms. The first-order valence-corrected chi connectivity index (χ1v) is 20.9. The second-order valence-corrected chi connectivity index (χ2v) is 15.7. The number of furan rings is 2. The van der Waals surface area contributed by atoms with Gasteiger partial charge in [-0.2, -0.15) is 17.6 Å². The largest absolute Gasteiger partial charge is 0.475 e. The van der Waals surface area contributed by atoms with Gasteiger partial charge in [-0.3, -0.25) is 4.79 Å². The molecule has 2 heterocycles. The Hall–Kier alpha value is -7.53. The summed E-state index contributed by atoms with van der Waals surface area (Å²) in [6.07, 6.45) is 0. The van der Waals surface area contributed by atoms with Gasteiger partial charge in [0.05, 0.1) is 4.90 Å². The monoisotopic (exact) mass is 899 g/mol. The number of alkyl halides is 4. The van der Waals surface area contributed by atoms with Gasteiger partial charge in [-0.05, 0) is 115 Å². The zero-order chi connectivity index (χ0) is 46.0. The fourth-order valence-electron chi connectivity index (χ4n) is 6.31. The Balaban J connectivity index is 0.000000223. The number of benzene rings is 5. The van der Waals surface area contributed by atoms with Crippen LogP contribution in [0.3, 0.4) is 0 Å². The van der Waals surface area contributed by atoms with Crippen molar-refractivity contribution in [2.75, 3.05) is 10.6 Å². The molecule has 0 aliphatic carbocycles. The van der Waals surface area contributed by atoms with Crippen molar-refractivity contribution in [3.63, 3.8) is 0 Å². The van der Waals surface area contributed by atoms with Crippen LogP contribution in [0.25, 0.3) is 22.3 Å². The number of hydrogen-bond acceptors (Lipinski definition) is 10. The van der Waals surface area contributed by atoms with Gasteiger partial charge in [0.2, 0.25) is 5.76 Å². The lowest BCUT2D eigenvalue weighted by Crippen LogP contribution is -2.30. The summed E-state index contributed by atoms with van der Waals surface area (Å²) in [5, 5.41) is 15.4. The number of carboxylic acids is 1. The normalized spacial score (nSPS) is 11.1. The first kappa shape index (κ1) is 46.0. The maximum Gasteiger partial charge on any atom is 0.387 e. The molecule has 5 aromatic carbocycles. The number of carboxylic acid groups (broad SMARTS) is 1. The van der Waals surface area contributed by atoms with Crippen LogP contribution in [-0.4, -0.2) is 38.6 Å². The third-order valence-corrected chi connectivity index (χ3v) is 11.1. The first-order chi connectivity index (χ1) is 30.5. The van der Waals surface area contributed by atoms with Crippen LogP contribution >= 0.6 is 0 Å². The van der Waals surface area contributed by atoms with E-state index < -0.39 is 35.1 Å². The quantitative estimate of drug-likeness (QED) is 0.0681. The van der Waals surface area contributed by atoms with Crippen LogP contribution in [0.1, 0.15) is 49.3 Å². The average molecular weight is 900 g/mol. The van der Waals surface area contributed by atoms with Crippen molar-refractivity contribution < 1.29 is 59.0 Å². The lowest BCUT2D eigenvalue weighted by atomic mass is 10.1. The Morgan fingerprint density at radius 2 is 0.984 bits per heavy atom. The summed E-state index contributed by atoms with van der Waals surface area (Å²) in [5.74, 6) is -0.904. The predicted octanol–water partition coefficient (Wildman–Crippen LogP) is 11.1. The van der Waals surface area contributed by atoms with Gasteiger partial charge in [0.1, 0.15) is 23.0 Å². The molecule has 0 radical (unpaired) electrons.